The molecule has 0 aliphatic carbocycles. The number of thiophene rings is 1. The summed E-state index contributed by atoms with van der Waals surface area (Å²) in [5.41, 5.74) is -1.94. The van der Waals surface area contributed by atoms with Gasteiger partial charge in [-0.2, -0.15) is 0 Å². The van der Waals surface area contributed by atoms with E-state index in [-0.39, 0.29) is 0 Å². The average Bonchev–Trinajstić information content (AvgIpc) is 2.37. The molecule has 5 heteroatoms. The molecule has 0 radical (unpaired) electrons. The van der Waals surface area contributed by atoms with E-state index >= 15 is 0 Å². The second kappa shape index (κ2) is 2.60. The molecule has 11 heavy (non-hydrogen) atoms. The van der Waals surface area contributed by atoms with Crippen molar-refractivity contribution < 1.29 is 10.0 Å². The molecule has 0 aromatic carbocycles. The maximum absolute atomic E-state index is 10.3. The van der Waals surface area contributed by atoms with Gasteiger partial charge in [-0.3, -0.25) is 10.1 Å². The van der Waals surface area contributed by atoms with Crippen LogP contribution in [-0.2, 0) is 5.72 Å². The summed E-state index contributed by atoms with van der Waals surface area (Å²) < 4.78 is 0. The Bertz CT molecular complexity index is 255. The monoisotopic (exact) mass is 173 g/mol. The maximum atomic E-state index is 10.3. The van der Waals surface area contributed by atoms with Gasteiger partial charge in [-0.15, -0.1) is 11.3 Å². The lowest BCUT2D eigenvalue weighted by Crippen LogP contribution is -2.29. The van der Waals surface area contributed by atoms with Crippen LogP contribution in [0.25, 0.3) is 0 Å². The Hall–Kier alpha value is -0.940. The van der Waals surface area contributed by atoms with Crippen LogP contribution in [0.3, 0.4) is 0 Å². The largest absolute Gasteiger partial charge is 0.355 e. The van der Waals surface area contributed by atoms with Gasteiger partial charge in [0.05, 0.1) is 4.92 Å². The molecular formula is C6H7NO3S. The van der Waals surface area contributed by atoms with Crippen LogP contribution in [0.4, 0.5) is 0 Å². The molecule has 1 N–H and O–H groups in total. The second-order valence-corrected chi connectivity index (χ2v) is 3.20. The minimum Gasteiger partial charge on any atom is -0.326 e. The Morgan fingerprint density at radius 1 is 1.82 bits per heavy atom. The van der Waals surface area contributed by atoms with E-state index in [4.69, 9.17) is 0 Å². The lowest BCUT2D eigenvalue weighted by Gasteiger charge is -2.10. The van der Waals surface area contributed by atoms with Gasteiger partial charge in [0.25, 0.3) is 0 Å². The Labute approximate surface area is 67.2 Å². The molecule has 0 spiro atoms. The normalized spacial score (nSPS) is 15.8. The summed E-state index contributed by atoms with van der Waals surface area (Å²) in [6.45, 7) is 1.17. The molecule has 1 rings (SSSR count). The van der Waals surface area contributed by atoms with Crippen LogP contribution < -0.4 is 0 Å². The highest BCUT2D eigenvalue weighted by Gasteiger charge is 2.37. The topological polar surface area (TPSA) is 63.4 Å². The standard InChI is InChI=1S/C6H7NO3S/c1-6(8,7(9)10)5-3-2-4-11-5/h2-4,8H,1H3. The molecule has 0 aliphatic heterocycles. The van der Waals surface area contributed by atoms with Crippen molar-refractivity contribution in [3.05, 3.63) is 32.5 Å². The maximum Gasteiger partial charge on any atom is 0.355 e. The first-order valence-electron chi connectivity index (χ1n) is 2.96. The highest BCUT2D eigenvalue weighted by molar-refractivity contribution is 7.10. The smallest absolute Gasteiger partial charge is 0.326 e. The van der Waals surface area contributed by atoms with Crippen molar-refractivity contribution in [1.82, 2.24) is 0 Å². The molecule has 0 saturated heterocycles. The van der Waals surface area contributed by atoms with E-state index < -0.39 is 10.6 Å². The van der Waals surface area contributed by atoms with Gasteiger partial charge < -0.3 is 5.11 Å². The lowest BCUT2D eigenvalue weighted by molar-refractivity contribution is -0.629. The van der Waals surface area contributed by atoms with Gasteiger partial charge in [0.2, 0.25) is 0 Å². The highest BCUT2D eigenvalue weighted by Crippen LogP contribution is 2.24. The van der Waals surface area contributed by atoms with Crippen molar-refractivity contribution in [2.45, 2.75) is 12.6 Å². The van der Waals surface area contributed by atoms with Crippen LogP contribution in [0.15, 0.2) is 17.5 Å². The molecule has 0 amide bonds. The first-order valence-corrected chi connectivity index (χ1v) is 3.84. The third kappa shape index (κ3) is 1.38. The average molecular weight is 173 g/mol. The van der Waals surface area contributed by atoms with Crippen molar-refractivity contribution in [2.75, 3.05) is 0 Å². The Morgan fingerprint density at radius 3 is 2.82 bits per heavy atom. The SMILES string of the molecule is CC(O)(c1cccs1)[N+](=O)[O-]. The molecular weight excluding hydrogens is 166 g/mol. The summed E-state index contributed by atoms with van der Waals surface area (Å²) in [4.78, 5) is 9.92. The minimum atomic E-state index is -1.94. The van der Waals surface area contributed by atoms with Crippen molar-refractivity contribution in [1.29, 1.82) is 0 Å². The minimum absolute atomic E-state index is 0.350. The van der Waals surface area contributed by atoms with Gasteiger partial charge in [-0.25, -0.2) is 0 Å². The van der Waals surface area contributed by atoms with Crippen molar-refractivity contribution in [3.63, 3.8) is 0 Å². The summed E-state index contributed by atoms with van der Waals surface area (Å²) in [5, 5.41) is 21.2. The fourth-order valence-corrected chi connectivity index (χ4v) is 1.40. The summed E-state index contributed by atoms with van der Waals surface area (Å²) >= 11 is 1.17. The Kier molecular flexibility index (Phi) is 1.92. The summed E-state index contributed by atoms with van der Waals surface area (Å²) in [5.74, 6) is 0. The summed E-state index contributed by atoms with van der Waals surface area (Å²) in [7, 11) is 0. The van der Waals surface area contributed by atoms with Crippen molar-refractivity contribution in [2.24, 2.45) is 0 Å². The zero-order chi connectivity index (χ0) is 8.48. The van der Waals surface area contributed by atoms with Crippen molar-refractivity contribution in [3.8, 4) is 0 Å². The predicted octanol–water partition coefficient (Wildman–Crippen LogP) is 1.19. The molecule has 60 valence electrons. The molecule has 0 bridgehead atoms. The fourth-order valence-electron chi connectivity index (χ4n) is 0.638. The lowest BCUT2D eigenvalue weighted by atomic mass is 10.2. The van der Waals surface area contributed by atoms with Gasteiger partial charge in [0.1, 0.15) is 4.88 Å². The summed E-state index contributed by atoms with van der Waals surface area (Å²) in [6.07, 6.45) is 0. The van der Waals surface area contributed by atoms with Crippen LogP contribution in [0.1, 0.15) is 11.8 Å². The molecule has 1 aromatic rings. The Morgan fingerprint density at radius 2 is 2.45 bits per heavy atom. The van der Waals surface area contributed by atoms with Crippen LogP contribution in [-0.4, -0.2) is 10.0 Å². The molecule has 1 heterocycles. The van der Waals surface area contributed by atoms with E-state index in [1.165, 1.54) is 24.3 Å². The van der Waals surface area contributed by atoms with Crippen molar-refractivity contribution >= 4 is 11.3 Å². The van der Waals surface area contributed by atoms with Gasteiger partial charge in [-0.1, -0.05) is 6.07 Å². The third-order valence-corrected chi connectivity index (χ3v) is 2.41. The van der Waals surface area contributed by atoms with Gasteiger partial charge in [0.15, 0.2) is 0 Å². The zero-order valence-corrected chi connectivity index (χ0v) is 6.67. The molecule has 1 unspecified atom stereocenters. The van der Waals surface area contributed by atoms with E-state index in [1.807, 2.05) is 0 Å². The first kappa shape index (κ1) is 8.16. The van der Waals surface area contributed by atoms with Crippen LogP contribution in [0.2, 0.25) is 0 Å². The number of nitrogens with zero attached hydrogens (tertiary/aromatic N) is 1. The Balaban J connectivity index is 3.00. The van der Waals surface area contributed by atoms with Crippen LogP contribution in [0.5, 0.6) is 0 Å². The molecule has 0 fully saturated rings. The van der Waals surface area contributed by atoms with E-state index in [1.54, 1.807) is 11.4 Å². The number of hydrogen-bond acceptors (Lipinski definition) is 4. The van der Waals surface area contributed by atoms with Crippen LogP contribution in [0, 0.1) is 10.1 Å². The number of rotatable bonds is 2. The van der Waals surface area contributed by atoms with Crippen LogP contribution >= 0.6 is 11.3 Å². The predicted molar refractivity (Wildman–Crippen MR) is 40.9 cm³/mol. The molecule has 1 aromatic heterocycles. The van der Waals surface area contributed by atoms with E-state index in [0.717, 1.165) is 0 Å². The van der Waals surface area contributed by atoms with Gasteiger partial charge in [-0.05, 0) is 11.4 Å². The number of nitro groups is 1. The van der Waals surface area contributed by atoms with Gasteiger partial charge >= 0.3 is 5.72 Å². The van der Waals surface area contributed by atoms with E-state index in [2.05, 4.69) is 0 Å². The zero-order valence-electron chi connectivity index (χ0n) is 5.85. The number of hydrogen-bond donors (Lipinski definition) is 1. The first-order chi connectivity index (χ1) is 5.05. The second-order valence-electron chi connectivity index (χ2n) is 2.26. The quantitative estimate of drug-likeness (QED) is 0.415. The molecule has 0 aliphatic rings. The van der Waals surface area contributed by atoms with E-state index in [9.17, 15) is 15.2 Å². The van der Waals surface area contributed by atoms with E-state index in [0.29, 0.717) is 4.88 Å². The molecule has 0 saturated carbocycles. The molecule has 4 nitrogen and oxygen atoms in total. The number of aliphatic hydroxyl groups is 1. The summed E-state index contributed by atoms with van der Waals surface area (Å²) in [6, 6.07) is 3.20. The van der Waals surface area contributed by atoms with Gasteiger partial charge in [0, 0.05) is 6.92 Å². The molecule has 1 atom stereocenters. The fraction of sp³-hybridized carbons (Fsp3) is 0.333. The highest BCUT2D eigenvalue weighted by atomic mass is 32.1. The third-order valence-electron chi connectivity index (χ3n) is 1.34.